The summed E-state index contributed by atoms with van der Waals surface area (Å²) in [6, 6.07) is 17.0. The van der Waals surface area contributed by atoms with Gasteiger partial charge in [0.15, 0.2) is 0 Å². The van der Waals surface area contributed by atoms with Crippen molar-refractivity contribution in [1.29, 1.82) is 0 Å². The van der Waals surface area contributed by atoms with Crippen LogP contribution in [0.4, 0.5) is 0 Å². The van der Waals surface area contributed by atoms with Crippen molar-refractivity contribution in [3.05, 3.63) is 65.9 Å². The number of fused-ring (bicyclic) bond motifs is 1. The van der Waals surface area contributed by atoms with Gasteiger partial charge in [-0.3, -0.25) is 0 Å². The SMILES string of the molecule is COc1ccc2c(c1)c(C(C)CN(C)C)cn2Cc1ccccc1. The fourth-order valence-corrected chi connectivity index (χ4v) is 3.38. The highest BCUT2D eigenvalue weighted by Gasteiger charge is 2.16. The molecule has 1 unspecified atom stereocenters. The Labute approximate surface area is 144 Å². The third kappa shape index (κ3) is 3.46. The molecule has 24 heavy (non-hydrogen) atoms. The van der Waals surface area contributed by atoms with Crippen LogP contribution in [0, 0.1) is 0 Å². The van der Waals surface area contributed by atoms with Gasteiger partial charge < -0.3 is 14.2 Å². The number of likely N-dealkylation sites (N-methyl/N-ethyl adjacent to an activating group) is 1. The second-order valence-corrected chi connectivity index (χ2v) is 6.74. The molecule has 0 fully saturated rings. The Morgan fingerprint density at radius 1 is 1.08 bits per heavy atom. The molecule has 2 aromatic carbocycles. The average molecular weight is 322 g/mol. The van der Waals surface area contributed by atoms with Crippen LogP contribution in [0.3, 0.4) is 0 Å². The number of hydrogen-bond acceptors (Lipinski definition) is 2. The fraction of sp³-hybridized carbons (Fsp3) is 0.333. The number of hydrogen-bond donors (Lipinski definition) is 0. The predicted molar refractivity (Wildman–Crippen MR) is 101 cm³/mol. The number of nitrogens with zero attached hydrogens (tertiary/aromatic N) is 2. The lowest BCUT2D eigenvalue weighted by Crippen LogP contribution is -2.18. The van der Waals surface area contributed by atoms with Gasteiger partial charge >= 0.3 is 0 Å². The summed E-state index contributed by atoms with van der Waals surface area (Å²) in [4.78, 5) is 2.24. The minimum absolute atomic E-state index is 0.464. The lowest BCUT2D eigenvalue weighted by molar-refractivity contribution is 0.383. The topological polar surface area (TPSA) is 17.4 Å². The standard InChI is InChI=1S/C21H26N2O/c1-16(13-22(2)3)20-15-23(14-17-8-6-5-7-9-17)21-11-10-18(24-4)12-19(20)21/h5-12,15-16H,13-14H2,1-4H3. The Kier molecular flexibility index (Phi) is 4.91. The largest absolute Gasteiger partial charge is 0.497 e. The van der Waals surface area contributed by atoms with E-state index in [2.05, 4.69) is 79.1 Å². The predicted octanol–water partition coefficient (Wildman–Crippen LogP) is 4.36. The van der Waals surface area contributed by atoms with Crippen molar-refractivity contribution in [2.24, 2.45) is 0 Å². The minimum Gasteiger partial charge on any atom is -0.497 e. The first-order valence-corrected chi connectivity index (χ1v) is 8.44. The maximum atomic E-state index is 5.45. The van der Waals surface area contributed by atoms with Gasteiger partial charge in [-0.1, -0.05) is 37.3 Å². The van der Waals surface area contributed by atoms with E-state index in [9.17, 15) is 0 Å². The van der Waals surface area contributed by atoms with Gasteiger partial charge in [0.25, 0.3) is 0 Å². The number of methoxy groups -OCH3 is 1. The van der Waals surface area contributed by atoms with E-state index in [1.165, 1.54) is 22.0 Å². The molecule has 0 radical (unpaired) electrons. The van der Waals surface area contributed by atoms with Gasteiger partial charge in [0, 0.05) is 30.2 Å². The van der Waals surface area contributed by atoms with Gasteiger partial charge in [-0.15, -0.1) is 0 Å². The first kappa shape index (κ1) is 16.6. The quantitative estimate of drug-likeness (QED) is 0.671. The van der Waals surface area contributed by atoms with Crippen molar-refractivity contribution in [2.75, 3.05) is 27.7 Å². The molecule has 0 saturated carbocycles. The Bertz CT molecular complexity index is 805. The number of aromatic nitrogens is 1. The lowest BCUT2D eigenvalue weighted by Gasteiger charge is -2.16. The normalized spacial score (nSPS) is 12.7. The van der Waals surface area contributed by atoms with Crippen LogP contribution in [0.15, 0.2) is 54.7 Å². The van der Waals surface area contributed by atoms with Gasteiger partial charge in [-0.2, -0.15) is 0 Å². The highest BCUT2D eigenvalue weighted by atomic mass is 16.5. The van der Waals surface area contributed by atoms with E-state index in [4.69, 9.17) is 4.74 Å². The van der Waals surface area contributed by atoms with Crippen LogP contribution in [0.1, 0.15) is 24.0 Å². The maximum Gasteiger partial charge on any atom is 0.119 e. The molecule has 126 valence electrons. The maximum absolute atomic E-state index is 5.45. The second-order valence-electron chi connectivity index (χ2n) is 6.74. The van der Waals surface area contributed by atoms with Crippen molar-refractivity contribution in [2.45, 2.75) is 19.4 Å². The molecule has 0 aliphatic rings. The molecule has 3 aromatic rings. The number of rotatable bonds is 6. The molecular weight excluding hydrogens is 296 g/mol. The molecule has 0 aliphatic carbocycles. The summed E-state index contributed by atoms with van der Waals surface area (Å²) in [5.74, 6) is 1.38. The van der Waals surface area contributed by atoms with Gasteiger partial charge in [-0.25, -0.2) is 0 Å². The van der Waals surface area contributed by atoms with Crippen molar-refractivity contribution in [1.82, 2.24) is 9.47 Å². The fourth-order valence-electron chi connectivity index (χ4n) is 3.38. The summed E-state index contributed by atoms with van der Waals surface area (Å²) in [5.41, 5.74) is 3.96. The summed E-state index contributed by atoms with van der Waals surface area (Å²) in [6.07, 6.45) is 2.31. The van der Waals surface area contributed by atoms with Gasteiger partial charge in [0.05, 0.1) is 7.11 Å². The molecule has 0 amide bonds. The third-order valence-electron chi connectivity index (χ3n) is 4.48. The van der Waals surface area contributed by atoms with Crippen LogP contribution in [0.2, 0.25) is 0 Å². The van der Waals surface area contributed by atoms with Crippen LogP contribution in [0.25, 0.3) is 10.9 Å². The zero-order valence-corrected chi connectivity index (χ0v) is 15.0. The van der Waals surface area contributed by atoms with E-state index in [0.29, 0.717) is 5.92 Å². The highest BCUT2D eigenvalue weighted by molar-refractivity contribution is 5.86. The Hall–Kier alpha value is -2.26. The van der Waals surface area contributed by atoms with Gasteiger partial charge in [0.2, 0.25) is 0 Å². The first-order valence-electron chi connectivity index (χ1n) is 8.44. The summed E-state index contributed by atoms with van der Waals surface area (Å²) in [7, 11) is 5.98. The molecule has 3 nitrogen and oxygen atoms in total. The third-order valence-corrected chi connectivity index (χ3v) is 4.48. The molecule has 1 atom stereocenters. The Balaban J connectivity index is 2.06. The Morgan fingerprint density at radius 3 is 2.50 bits per heavy atom. The molecular formula is C21H26N2O. The van der Waals surface area contributed by atoms with Gasteiger partial charge in [-0.05, 0) is 49.3 Å². The zero-order chi connectivity index (χ0) is 17.1. The van der Waals surface area contributed by atoms with E-state index in [1.54, 1.807) is 7.11 Å². The van der Waals surface area contributed by atoms with Crippen LogP contribution >= 0.6 is 0 Å². The molecule has 3 heteroatoms. The molecule has 0 N–H and O–H groups in total. The van der Waals surface area contributed by atoms with Crippen molar-refractivity contribution < 1.29 is 4.74 Å². The van der Waals surface area contributed by atoms with E-state index in [-0.39, 0.29) is 0 Å². The van der Waals surface area contributed by atoms with E-state index in [0.717, 1.165) is 18.8 Å². The smallest absolute Gasteiger partial charge is 0.119 e. The number of ether oxygens (including phenoxy) is 1. The Morgan fingerprint density at radius 2 is 1.83 bits per heavy atom. The molecule has 0 aliphatic heterocycles. The van der Waals surface area contributed by atoms with Crippen molar-refractivity contribution in [3.63, 3.8) is 0 Å². The van der Waals surface area contributed by atoms with Crippen LogP contribution in [0.5, 0.6) is 5.75 Å². The van der Waals surface area contributed by atoms with Crippen molar-refractivity contribution in [3.8, 4) is 5.75 Å². The van der Waals surface area contributed by atoms with Crippen LogP contribution in [-0.4, -0.2) is 37.2 Å². The summed E-state index contributed by atoms with van der Waals surface area (Å²) < 4.78 is 7.80. The summed E-state index contributed by atoms with van der Waals surface area (Å²) in [5, 5.41) is 1.29. The molecule has 0 bridgehead atoms. The molecule has 0 saturated heterocycles. The zero-order valence-electron chi connectivity index (χ0n) is 15.0. The van der Waals surface area contributed by atoms with E-state index < -0.39 is 0 Å². The summed E-state index contributed by atoms with van der Waals surface area (Å²) in [6.45, 7) is 4.21. The average Bonchev–Trinajstić information content (AvgIpc) is 2.93. The van der Waals surface area contributed by atoms with E-state index in [1.807, 2.05) is 6.07 Å². The van der Waals surface area contributed by atoms with Crippen LogP contribution in [-0.2, 0) is 6.54 Å². The molecule has 1 heterocycles. The van der Waals surface area contributed by atoms with E-state index >= 15 is 0 Å². The van der Waals surface area contributed by atoms with Crippen molar-refractivity contribution >= 4 is 10.9 Å². The first-order chi connectivity index (χ1) is 11.6. The number of benzene rings is 2. The minimum atomic E-state index is 0.464. The lowest BCUT2D eigenvalue weighted by atomic mass is 10.00. The second kappa shape index (κ2) is 7.10. The highest BCUT2D eigenvalue weighted by Crippen LogP contribution is 2.31. The molecule has 0 spiro atoms. The van der Waals surface area contributed by atoms with Gasteiger partial charge in [0.1, 0.15) is 5.75 Å². The van der Waals surface area contributed by atoms with Crippen LogP contribution < -0.4 is 4.74 Å². The monoisotopic (exact) mass is 322 g/mol. The summed E-state index contributed by atoms with van der Waals surface area (Å²) >= 11 is 0. The molecule has 1 aromatic heterocycles. The molecule has 3 rings (SSSR count).